The van der Waals surface area contributed by atoms with E-state index >= 15 is 0 Å². The second kappa shape index (κ2) is 8.18. The number of aryl methyl sites for hydroxylation is 2. The van der Waals surface area contributed by atoms with Crippen LogP contribution in [0.2, 0.25) is 0 Å². The summed E-state index contributed by atoms with van der Waals surface area (Å²) in [7, 11) is 1.66. The first kappa shape index (κ1) is 19.5. The summed E-state index contributed by atoms with van der Waals surface area (Å²) < 4.78 is 1.43. The van der Waals surface area contributed by atoms with Gasteiger partial charge in [0, 0.05) is 39.8 Å². The van der Waals surface area contributed by atoms with Crippen molar-refractivity contribution in [2.24, 2.45) is 7.05 Å². The summed E-state index contributed by atoms with van der Waals surface area (Å²) in [5, 5.41) is 3.40. The van der Waals surface area contributed by atoms with Crippen molar-refractivity contribution in [3.63, 3.8) is 0 Å². The van der Waals surface area contributed by atoms with Gasteiger partial charge in [0.25, 0.3) is 11.5 Å². The monoisotopic (exact) mass is 391 g/mol. The zero-order chi connectivity index (χ0) is 19.6. The molecule has 2 aromatic rings. The van der Waals surface area contributed by atoms with Gasteiger partial charge in [-0.2, -0.15) is 0 Å². The Morgan fingerprint density at radius 3 is 2.63 bits per heavy atom. The topological polar surface area (TPSA) is 87.5 Å². The van der Waals surface area contributed by atoms with Crippen LogP contribution in [-0.4, -0.2) is 70.4 Å². The Bertz CT molecular complexity index is 912. The van der Waals surface area contributed by atoms with Gasteiger partial charge in [0.15, 0.2) is 0 Å². The fourth-order valence-electron chi connectivity index (χ4n) is 3.19. The summed E-state index contributed by atoms with van der Waals surface area (Å²) in [6, 6.07) is 0. The lowest BCUT2D eigenvalue weighted by atomic mass is 10.2. The third-order valence-electron chi connectivity index (χ3n) is 4.80. The summed E-state index contributed by atoms with van der Waals surface area (Å²) in [5.74, 6) is -0.0356. The number of fused-ring (bicyclic) bond motifs is 1. The maximum atomic E-state index is 13.0. The third kappa shape index (κ3) is 4.03. The lowest BCUT2D eigenvalue weighted by Crippen LogP contribution is -2.51. The van der Waals surface area contributed by atoms with Gasteiger partial charge in [-0.3, -0.25) is 19.3 Å². The molecule has 0 unspecified atom stereocenters. The predicted molar refractivity (Wildman–Crippen MR) is 105 cm³/mol. The van der Waals surface area contributed by atoms with Gasteiger partial charge in [-0.05, 0) is 18.9 Å². The SMILES string of the molecule is CCCNC(=O)CN1CCN(C(=O)c2sc3ncn(C)c(=O)c3c2C)CC1. The number of nitrogens with one attached hydrogen (secondary N) is 1. The molecule has 9 heteroatoms. The Morgan fingerprint density at radius 1 is 1.26 bits per heavy atom. The fourth-order valence-corrected chi connectivity index (χ4v) is 4.30. The molecule has 0 bridgehead atoms. The quantitative estimate of drug-likeness (QED) is 0.806. The normalized spacial score (nSPS) is 15.3. The van der Waals surface area contributed by atoms with Gasteiger partial charge < -0.3 is 14.8 Å². The third-order valence-corrected chi connectivity index (χ3v) is 5.99. The van der Waals surface area contributed by atoms with Crippen LogP contribution in [0.4, 0.5) is 0 Å². The summed E-state index contributed by atoms with van der Waals surface area (Å²) in [4.78, 5) is 46.5. The van der Waals surface area contributed by atoms with Crippen LogP contribution in [0.1, 0.15) is 28.6 Å². The zero-order valence-electron chi connectivity index (χ0n) is 15.9. The summed E-state index contributed by atoms with van der Waals surface area (Å²) in [6.07, 6.45) is 2.40. The molecule has 0 radical (unpaired) electrons. The standard InChI is InChI=1S/C18H25N5O3S/c1-4-5-19-13(24)10-22-6-8-23(9-7-22)18(26)15-12(2)14-16(27-15)20-11-21(3)17(14)25/h11H,4-10H2,1-3H3,(H,19,24). The molecule has 1 fully saturated rings. The minimum Gasteiger partial charge on any atom is -0.355 e. The number of nitrogens with zero attached hydrogens (tertiary/aromatic N) is 4. The van der Waals surface area contributed by atoms with Gasteiger partial charge in [0.2, 0.25) is 5.91 Å². The Labute approximate surface area is 161 Å². The molecule has 0 atom stereocenters. The first-order valence-electron chi connectivity index (χ1n) is 9.15. The van der Waals surface area contributed by atoms with Crippen molar-refractivity contribution in [3.05, 3.63) is 27.1 Å². The molecule has 3 rings (SSSR count). The molecule has 2 amide bonds. The molecule has 0 aromatic carbocycles. The first-order chi connectivity index (χ1) is 12.9. The predicted octanol–water partition coefficient (Wildman–Crippen LogP) is 0.587. The van der Waals surface area contributed by atoms with E-state index < -0.39 is 0 Å². The largest absolute Gasteiger partial charge is 0.355 e. The molecule has 1 aliphatic rings. The zero-order valence-corrected chi connectivity index (χ0v) is 16.8. The van der Waals surface area contributed by atoms with Crippen LogP contribution in [0.15, 0.2) is 11.1 Å². The summed E-state index contributed by atoms with van der Waals surface area (Å²) in [6.45, 7) is 7.35. The maximum absolute atomic E-state index is 13.0. The van der Waals surface area contributed by atoms with Crippen molar-refractivity contribution >= 4 is 33.4 Å². The Hall–Kier alpha value is -2.26. The van der Waals surface area contributed by atoms with Crippen molar-refractivity contribution in [2.75, 3.05) is 39.3 Å². The highest BCUT2D eigenvalue weighted by molar-refractivity contribution is 7.20. The molecule has 146 valence electrons. The van der Waals surface area contributed by atoms with E-state index in [1.807, 2.05) is 13.8 Å². The number of carbonyl (C=O) groups is 2. The first-order valence-corrected chi connectivity index (χ1v) is 9.97. The van der Waals surface area contributed by atoms with Crippen molar-refractivity contribution in [1.82, 2.24) is 24.7 Å². The van der Waals surface area contributed by atoms with Gasteiger partial charge in [0.1, 0.15) is 4.83 Å². The Kier molecular flexibility index (Phi) is 5.91. The van der Waals surface area contributed by atoms with Crippen LogP contribution < -0.4 is 10.9 Å². The van der Waals surface area contributed by atoms with Crippen LogP contribution in [0.3, 0.4) is 0 Å². The van der Waals surface area contributed by atoms with Crippen molar-refractivity contribution in [1.29, 1.82) is 0 Å². The molecular formula is C18H25N5O3S. The van der Waals surface area contributed by atoms with Crippen LogP contribution in [0.5, 0.6) is 0 Å². The Balaban J connectivity index is 1.67. The number of piperazine rings is 1. The van der Waals surface area contributed by atoms with Crippen LogP contribution in [0.25, 0.3) is 10.2 Å². The smallest absolute Gasteiger partial charge is 0.264 e. The molecule has 8 nitrogen and oxygen atoms in total. The van der Waals surface area contributed by atoms with Gasteiger partial charge >= 0.3 is 0 Å². The van der Waals surface area contributed by atoms with Crippen molar-refractivity contribution in [3.8, 4) is 0 Å². The average Bonchev–Trinajstić information content (AvgIpc) is 3.00. The van der Waals surface area contributed by atoms with Crippen LogP contribution in [0, 0.1) is 6.92 Å². The number of hydrogen-bond acceptors (Lipinski definition) is 6. The summed E-state index contributed by atoms with van der Waals surface area (Å²) >= 11 is 1.28. The van der Waals surface area contributed by atoms with E-state index in [0.29, 0.717) is 59.9 Å². The van der Waals surface area contributed by atoms with E-state index in [2.05, 4.69) is 15.2 Å². The van der Waals surface area contributed by atoms with E-state index in [1.54, 1.807) is 11.9 Å². The molecule has 0 spiro atoms. The van der Waals surface area contributed by atoms with Gasteiger partial charge in [-0.25, -0.2) is 4.98 Å². The molecule has 1 N–H and O–H groups in total. The second-order valence-corrected chi connectivity index (χ2v) is 7.81. The highest BCUT2D eigenvalue weighted by Crippen LogP contribution is 2.28. The molecule has 2 aromatic heterocycles. The highest BCUT2D eigenvalue weighted by atomic mass is 32.1. The van der Waals surface area contributed by atoms with Crippen LogP contribution in [-0.2, 0) is 11.8 Å². The summed E-state index contributed by atoms with van der Waals surface area (Å²) in [5.41, 5.74) is 0.575. The number of aromatic nitrogens is 2. The molecule has 0 aliphatic carbocycles. The lowest BCUT2D eigenvalue weighted by Gasteiger charge is -2.34. The minimum absolute atomic E-state index is 0.0268. The number of thiophene rings is 1. The minimum atomic E-state index is -0.129. The van der Waals surface area contributed by atoms with Crippen molar-refractivity contribution < 1.29 is 9.59 Å². The van der Waals surface area contributed by atoms with Gasteiger partial charge in [0.05, 0.1) is 23.1 Å². The number of amides is 2. The van der Waals surface area contributed by atoms with E-state index in [0.717, 1.165) is 6.42 Å². The highest BCUT2D eigenvalue weighted by Gasteiger charge is 2.27. The average molecular weight is 391 g/mol. The molecule has 3 heterocycles. The van der Waals surface area contributed by atoms with E-state index in [4.69, 9.17) is 0 Å². The van der Waals surface area contributed by atoms with Gasteiger partial charge in [-0.1, -0.05) is 6.92 Å². The Morgan fingerprint density at radius 2 is 1.96 bits per heavy atom. The van der Waals surface area contributed by atoms with E-state index in [9.17, 15) is 14.4 Å². The maximum Gasteiger partial charge on any atom is 0.264 e. The van der Waals surface area contributed by atoms with E-state index in [1.165, 1.54) is 22.2 Å². The number of carbonyl (C=O) groups excluding carboxylic acids is 2. The lowest BCUT2D eigenvalue weighted by molar-refractivity contribution is -0.122. The molecule has 0 saturated carbocycles. The number of hydrogen-bond donors (Lipinski definition) is 1. The number of rotatable bonds is 5. The molecule has 1 aliphatic heterocycles. The van der Waals surface area contributed by atoms with Gasteiger partial charge in [-0.15, -0.1) is 11.3 Å². The molecule has 1 saturated heterocycles. The molecular weight excluding hydrogens is 366 g/mol. The fraction of sp³-hybridized carbons (Fsp3) is 0.556. The van der Waals surface area contributed by atoms with E-state index in [-0.39, 0.29) is 17.4 Å². The molecule has 27 heavy (non-hydrogen) atoms. The van der Waals surface area contributed by atoms with Crippen LogP contribution >= 0.6 is 11.3 Å². The second-order valence-electron chi connectivity index (χ2n) is 6.82. The van der Waals surface area contributed by atoms with Crippen molar-refractivity contribution in [2.45, 2.75) is 20.3 Å².